The molecule has 64 heavy (non-hydrogen) atoms. The van der Waals surface area contributed by atoms with Gasteiger partial charge in [-0.3, -0.25) is 18.4 Å². The number of halogens is 1. The highest BCUT2D eigenvalue weighted by Crippen LogP contribution is 2.35. The molecule has 2 aliphatic rings. The Kier molecular flexibility index (Phi) is 16.6. The van der Waals surface area contributed by atoms with Crippen LogP contribution in [0.4, 0.5) is 4.39 Å². The lowest BCUT2D eigenvalue weighted by Gasteiger charge is -2.36. The monoisotopic (exact) mass is 871 g/mol. The molecule has 2 fully saturated rings. The fraction of sp³-hybridized carbons (Fsp3) is 0.472. The number of hydrogen-bond acceptors (Lipinski definition) is 8. The first-order valence-corrected chi connectivity index (χ1v) is 23.6. The minimum Gasteiger partial charge on any atom is -0.373 e. The van der Waals surface area contributed by atoms with E-state index < -0.39 is 0 Å². The second kappa shape index (κ2) is 22.7. The van der Waals surface area contributed by atoms with Crippen molar-refractivity contribution in [2.75, 3.05) is 52.5 Å². The van der Waals surface area contributed by atoms with E-state index in [0.29, 0.717) is 36.2 Å². The Morgan fingerprint density at radius 2 is 1.00 bits per heavy atom. The van der Waals surface area contributed by atoms with E-state index in [2.05, 4.69) is 64.8 Å². The number of aromatic nitrogens is 4. The average molecular weight is 871 g/mol. The van der Waals surface area contributed by atoms with Gasteiger partial charge in [0.05, 0.1) is 12.2 Å². The van der Waals surface area contributed by atoms with Crippen LogP contribution in [0.1, 0.15) is 104 Å². The number of rotatable bonds is 16. The standard InChI is InChI=1S/C27H35N3O2.C26H32FN3O2/c1-4-19-32-26(22-10-8-20(2)9-11-22)23-12-16-29(17-13-23)18-14-24-21(3)28-25-7-5-6-15-30(25)27(24)31;1-3-18-32-25(20-7-9-22(27)10-8-20)21-11-15-29(16-12-21)17-13-23-19(2)28-24-6-4-5-14-30(24)26(23)31/h5-11,15,23,26H,4,12-14,16-19H2,1-3H3;4-10,14,21,25H,3,11-13,15-18H2,1-2H3/t26-;25-/m01/s1. The summed E-state index contributed by atoms with van der Waals surface area (Å²) in [6.45, 7) is 17.6. The first-order chi connectivity index (χ1) is 31.1. The van der Waals surface area contributed by atoms with Crippen LogP contribution in [0.15, 0.2) is 107 Å². The van der Waals surface area contributed by atoms with Crippen molar-refractivity contribution in [1.82, 2.24) is 28.6 Å². The van der Waals surface area contributed by atoms with Gasteiger partial charge in [-0.15, -0.1) is 0 Å². The number of nitrogens with zero attached hydrogens (tertiary/aromatic N) is 6. The molecule has 0 bridgehead atoms. The molecule has 0 spiro atoms. The molecule has 0 saturated carbocycles. The highest BCUT2D eigenvalue weighted by Gasteiger charge is 2.30. The number of benzene rings is 2. The molecule has 11 heteroatoms. The van der Waals surface area contributed by atoms with Crippen LogP contribution in [0.2, 0.25) is 0 Å². The van der Waals surface area contributed by atoms with E-state index in [1.165, 1.54) is 23.3 Å². The van der Waals surface area contributed by atoms with Crippen molar-refractivity contribution >= 4 is 11.3 Å². The Bertz CT molecular complexity index is 2350. The highest BCUT2D eigenvalue weighted by molar-refractivity contribution is 5.41. The predicted octanol–water partition coefficient (Wildman–Crippen LogP) is 9.30. The quantitative estimate of drug-likeness (QED) is 0.0951. The second-order valence-electron chi connectivity index (χ2n) is 17.7. The van der Waals surface area contributed by atoms with Gasteiger partial charge in [0.25, 0.3) is 11.1 Å². The van der Waals surface area contributed by atoms with Gasteiger partial charge in [0, 0.05) is 61.2 Å². The Morgan fingerprint density at radius 1 is 0.594 bits per heavy atom. The number of aryl methyl sites for hydroxylation is 3. The SMILES string of the molecule is CCCO[C@@H](c1ccc(C)cc1)C1CCN(CCc2c(C)nc3ccccn3c2=O)CC1.CCCO[C@H](c1ccc(F)cc1)C1CCN(CCc2c(C)nc3ccccn3c2=O)CC1. The van der Waals surface area contributed by atoms with Crippen LogP contribution in [0.5, 0.6) is 0 Å². The molecule has 0 aliphatic carbocycles. The van der Waals surface area contributed by atoms with Gasteiger partial charge in [-0.25, -0.2) is 14.4 Å². The lowest BCUT2D eigenvalue weighted by molar-refractivity contribution is -0.0111. The first kappa shape index (κ1) is 46.9. The molecule has 8 rings (SSSR count). The predicted molar refractivity (Wildman–Crippen MR) is 254 cm³/mol. The fourth-order valence-electron chi connectivity index (χ4n) is 9.45. The smallest absolute Gasteiger partial charge is 0.261 e. The maximum Gasteiger partial charge on any atom is 0.261 e. The van der Waals surface area contributed by atoms with Crippen LogP contribution < -0.4 is 11.1 Å². The molecule has 2 atom stereocenters. The van der Waals surface area contributed by atoms with Crippen molar-refractivity contribution < 1.29 is 13.9 Å². The zero-order valence-corrected chi connectivity index (χ0v) is 38.6. The van der Waals surface area contributed by atoms with E-state index in [9.17, 15) is 14.0 Å². The third-order valence-corrected chi connectivity index (χ3v) is 13.2. The summed E-state index contributed by atoms with van der Waals surface area (Å²) in [6, 6.07) is 26.9. The highest BCUT2D eigenvalue weighted by atomic mass is 19.1. The summed E-state index contributed by atoms with van der Waals surface area (Å²) in [7, 11) is 0. The van der Waals surface area contributed by atoms with Crippen LogP contribution in [-0.4, -0.2) is 81.1 Å². The Hall–Kier alpha value is -5.07. The van der Waals surface area contributed by atoms with Gasteiger partial charge in [0.2, 0.25) is 0 Å². The lowest BCUT2D eigenvalue weighted by Crippen LogP contribution is -2.38. The molecule has 10 nitrogen and oxygen atoms in total. The third-order valence-electron chi connectivity index (χ3n) is 13.2. The average Bonchev–Trinajstić information content (AvgIpc) is 3.31. The Balaban J connectivity index is 0.000000191. The van der Waals surface area contributed by atoms with Crippen molar-refractivity contribution in [3.05, 3.63) is 163 Å². The molecule has 2 aliphatic heterocycles. The summed E-state index contributed by atoms with van der Waals surface area (Å²) in [5.74, 6) is 0.736. The third kappa shape index (κ3) is 11.8. The molecular formula is C53H67FN6O4. The summed E-state index contributed by atoms with van der Waals surface area (Å²) >= 11 is 0. The summed E-state index contributed by atoms with van der Waals surface area (Å²) in [6.07, 6.45) is 11.5. The molecule has 6 heterocycles. The molecule has 0 unspecified atom stereocenters. The van der Waals surface area contributed by atoms with E-state index in [1.54, 1.807) is 21.2 Å². The fourth-order valence-corrected chi connectivity index (χ4v) is 9.45. The molecule has 6 aromatic rings. The summed E-state index contributed by atoms with van der Waals surface area (Å²) in [5.41, 5.74) is 8.45. The van der Waals surface area contributed by atoms with Gasteiger partial charge < -0.3 is 19.3 Å². The van der Waals surface area contributed by atoms with Gasteiger partial charge in [0.1, 0.15) is 17.1 Å². The maximum absolute atomic E-state index is 13.4. The molecule has 340 valence electrons. The van der Waals surface area contributed by atoms with Gasteiger partial charge in [-0.1, -0.05) is 67.9 Å². The normalized spacial score (nSPS) is 16.5. The van der Waals surface area contributed by atoms with Crippen LogP contribution in [0.3, 0.4) is 0 Å². The van der Waals surface area contributed by atoms with E-state index >= 15 is 0 Å². The Morgan fingerprint density at radius 3 is 1.41 bits per heavy atom. The summed E-state index contributed by atoms with van der Waals surface area (Å²) in [5, 5.41) is 0. The maximum atomic E-state index is 13.4. The van der Waals surface area contributed by atoms with Gasteiger partial charge in [0.15, 0.2) is 0 Å². The van der Waals surface area contributed by atoms with Crippen molar-refractivity contribution in [1.29, 1.82) is 0 Å². The number of pyridine rings is 2. The minimum atomic E-state index is -0.216. The van der Waals surface area contributed by atoms with Crippen LogP contribution in [0.25, 0.3) is 11.3 Å². The molecule has 2 aromatic carbocycles. The van der Waals surface area contributed by atoms with Crippen molar-refractivity contribution in [2.45, 2.75) is 98.2 Å². The van der Waals surface area contributed by atoms with E-state index in [-0.39, 0.29) is 29.1 Å². The van der Waals surface area contributed by atoms with Crippen molar-refractivity contribution in [2.24, 2.45) is 11.8 Å². The molecule has 0 radical (unpaired) electrons. The van der Waals surface area contributed by atoms with E-state index in [0.717, 1.165) is 119 Å². The number of hydrogen-bond donors (Lipinski definition) is 0. The Labute approximate surface area is 378 Å². The zero-order chi connectivity index (χ0) is 45.0. The number of likely N-dealkylation sites (tertiary alicyclic amines) is 2. The second-order valence-corrected chi connectivity index (χ2v) is 17.7. The topological polar surface area (TPSA) is 93.7 Å². The van der Waals surface area contributed by atoms with E-state index in [1.807, 2.05) is 62.4 Å². The number of fused-ring (bicyclic) bond motifs is 2. The molecule has 0 N–H and O–H groups in total. The van der Waals surface area contributed by atoms with E-state index in [4.69, 9.17) is 9.47 Å². The van der Waals surface area contributed by atoms with Gasteiger partial charge in [-0.2, -0.15) is 0 Å². The zero-order valence-electron chi connectivity index (χ0n) is 38.6. The van der Waals surface area contributed by atoms with Crippen LogP contribution in [0, 0.1) is 38.4 Å². The largest absolute Gasteiger partial charge is 0.373 e. The van der Waals surface area contributed by atoms with Gasteiger partial charge in [-0.05, 0) is 158 Å². The van der Waals surface area contributed by atoms with Crippen molar-refractivity contribution in [3.63, 3.8) is 0 Å². The van der Waals surface area contributed by atoms with Crippen molar-refractivity contribution in [3.8, 4) is 0 Å². The minimum absolute atomic E-state index is 0.00859. The number of piperidine rings is 2. The molecular weight excluding hydrogens is 804 g/mol. The van der Waals surface area contributed by atoms with Crippen LogP contribution in [-0.2, 0) is 22.3 Å². The van der Waals surface area contributed by atoms with Crippen LogP contribution >= 0.6 is 0 Å². The molecule has 0 amide bonds. The van der Waals surface area contributed by atoms with Gasteiger partial charge >= 0.3 is 0 Å². The summed E-state index contributed by atoms with van der Waals surface area (Å²) in [4.78, 5) is 40.0. The number of ether oxygens (including phenoxy) is 2. The summed E-state index contributed by atoms with van der Waals surface area (Å²) < 4.78 is 29.2. The molecule has 2 saturated heterocycles. The first-order valence-electron chi connectivity index (χ1n) is 23.6. The lowest BCUT2D eigenvalue weighted by atomic mass is 9.87. The molecule has 4 aromatic heterocycles.